The lowest BCUT2D eigenvalue weighted by Gasteiger charge is -2.10. The van der Waals surface area contributed by atoms with Crippen molar-refractivity contribution in [2.75, 3.05) is 17.2 Å². The third-order valence-electron chi connectivity index (χ3n) is 3.24. The van der Waals surface area contributed by atoms with Crippen LogP contribution in [-0.2, 0) is 0 Å². The summed E-state index contributed by atoms with van der Waals surface area (Å²) < 4.78 is 5.41. The summed E-state index contributed by atoms with van der Waals surface area (Å²) in [6.45, 7) is 6.80. The summed E-state index contributed by atoms with van der Waals surface area (Å²) in [6.07, 6.45) is 0. The van der Waals surface area contributed by atoms with Crippen LogP contribution in [0.5, 0.6) is 5.75 Å². The Morgan fingerprint density at radius 1 is 1.05 bits per heavy atom. The number of nitrogens with one attached hydrogen (secondary N) is 2. The molecule has 4 nitrogen and oxygen atoms in total. The van der Waals surface area contributed by atoms with Crippen molar-refractivity contribution in [3.05, 3.63) is 54.1 Å². The van der Waals surface area contributed by atoms with Crippen molar-refractivity contribution in [3.8, 4) is 5.75 Å². The maximum absolute atomic E-state index is 12.0. The molecule has 2 aromatic rings. The van der Waals surface area contributed by atoms with Gasteiger partial charge in [-0.25, -0.2) is 4.79 Å². The van der Waals surface area contributed by atoms with Gasteiger partial charge in [-0.1, -0.05) is 32.0 Å². The lowest BCUT2D eigenvalue weighted by atomic mass is 10.0. The van der Waals surface area contributed by atoms with Crippen molar-refractivity contribution in [1.82, 2.24) is 0 Å². The molecule has 0 aliphatic carbocycles. The van der Waals surface area contributed by atoms with Gasteiger partial charge in [-0.3, -0.25) is 0 Å². The first kappa shape index (κ1) is 15.9. The van der Waals surface area contributed by atoms with E-state index in [-0.39, 0.29) is 6.03 Å². The quantitative estimate of drug-likeness (QED) is 0.828. The van der Waals surface area contributed by atoms with E-state index < -0.39 is 0 Å². The number of urea groups is 1. The third kappa shape index (κ3) is 4.52. The van der Waals surface area contributed by atoms with Crippen LogP contribution in [0.1, 0.15) is 32.3 Å². The maximum Gasteiger partial charge on any atom is 0.323 e. The lowest BCUT2D eigenvalue weighted by Crippen LogP contribution is -2.19. The molecule has 0 unspecified atom stereocenters. The average Bonchev–Trinajstić information content (AvgIpc) is 2.48. The Hall–Kier alpha value is -2.49. The lowest BCUT2D eigenvalue weighted by molar-refractivity contribution is 0.262. The first-order valence-corrected chi connectivity index (χ1v) is 7.49. The van der Waals surface area contributed by atoms with Gasteiger partial charge in [0.1, 0.15) is 5.75 Å². The SMILES string of the molecule is CCOc1cccc(NC(=O)Nc2ccc(C(C)C)cc2)c1. The van der Waals surface area contributed by atoms with Gasteiger partial charge < -0.3 is 15.4 Å². The van der Waals surface area contributed by atoms with Crippen LogP contribution in [0.2, 0.25) is 0 Å². The molecule has 0 atom stereocenters. The molecule has 0 spiro atoms. The monoisotopic (exact) mass is 298 g/mol. The van der Waals surface area contributed by atoms with Crippen LogP contribution in [0.25, 0.3) is 0 Å². The molecule has 2 N–H and O–H groups in total. The van der Waals surface area contributed by atoms with Gasteiger partial charge in [0.2, 0.25) is 0 Å². The summed E-state index contributed by atoms with van der Waals surface area (Å²) in [4.78, 5) is 12.0. The van der Waals surface area contributed by atoms with E-state index in [1.54, 1.807) is 6.07 Å². The van der Waals surface area contributed by atoms with E-state index in [9.17, 15) is 4.79 Å². The zero-order valence-electron chi connectivity index (χ0n) is 13.2. The second kappa shape index (κ2) is 7.50. The van der Waals surface area contributed by atoms with Crippen molar-refractivity contribution < 1.29 is 9.53 Å². The Kier molecular flexibility index (Phi) is 5.42. The number of anilines is 2. The first-order valence-electron chi connectivity index (χ1n) is 7.49. The molecule has 0 saturated heterocycles. The predicted octanol–water partition coefficient (Wildman–Crippen LogP) is 4.85. The zero-order chi connectivity index (χ0) is 15.9. The molecular weight excluding hydrogens is 276 g/mol. The molecule has 22 heavy (non-hydrogen) atoms. The smallest absolute Gasteiger partial charge is 0.323 e. The van der Waals surface area contributed by atoms with Crippen LogP contribution in [0.3, 0.4) is 0 Å². The van der Waals surface area contributed by atoms with Gasteiger partial charge in [-0.15, -0.1) is 0 Å². The van der Waals surface area contributed by atoms with E-state index in [0.29, 0.717) is 18.2 Å². The summed E-state index contributed by atoms with van der Waals surface area (Å²) >= 11 is 0. The molecule has 116 valence electrons. The number of carbonyl (C=O) groups is 1. The molecule has 0 saturated carbocycles. The number of hydrogen-bond donors (Lipinski definition) is 2. The Bertz CT molecular complexity index is 621. The largest absolute Gasteiger partial charge is 0.494 e. The van der Waals surface area contributed by atoms with Gasteiger partial charge in [0, 0.05) is 17.4 Å². The summed E-state index contributed by atoms with van der Waals surface area (Å²) in [6, 6.07) is 14.9. The molecule has 2 rings (SSSR count). The second-order valence-corrected chi connectivity index (χ2v) is 5.32. The maximum atomic E-state index is 12.0. The number of carbonyl (C=O) groups excluding carboxylic acids is 1. The van der Waals surface area contributed by atoms with E-state index in [4.69, 9.17) is 4.74 Å². The van der Waals surface area contributed by atoms with Crippen LogP contribution in [0, 0.1) is 0 Å². The van der Waals surface area contributed by atoms with E-state index in [1.165, 1.54) is 5.56 Å². The molecule has 0 aliphatic heterocycles. The molecule has 2 aromatic carbocycles. The Morgan fingerprint density at radius 3 is 2.36 bits per heavy atom. The summed E-state index contributed by atoms with van der Waals surface area (Å²) in [5, 5.41) is 5.61. The van der Waals surface area contributed by atoms with Gasteiger partial charge in [0.05, 0.1) is 6.61 Å². The Morgan fingerprint density at radius 2 is 1.73 bits per heavy atom. The minimum absolute atomic E-state index is 0.272. The van der Waals surface area contributed by atoms with Crippen LogP contribution in [-0.4, -0.2) is 12.6 Å². The molecule has 0 fully saturated rings. The second-order valence-electron chi connectivity index (χ2n) is 5.32. The first-order chi connectivity index (χ1) is 10.6. The Labute approximate surface area is 131 Å². The highest BCUT2D eigenvalue weighted by molar-refractivity contribution is 5.99. The van der Waals surface area contributed by atoms with Crippen LogP contribution >= 0.6 is 0 Å². The van der Waals surface area contributed by atoms with E-state index >= 15 is 0 Å². The molecule has 0 aliphatic rings. The fourth-order valence-electron chi connectivity index (χ4n) is 2.08. The zero-order valence-corrected chi connectivity index (χ0v) is 13.2. The topological polar surface area (TPSA) is 50.4 Å². The van der Waals surface area contributed by atoms with E-state index in [1.807, 2.05) is 49.4 Å². The van der Waals surface area contributed by atoms with Crippen LogP contribution in [0.15, 0.2) is 48.5 Å². The summed E-state index contributed by atoms with van der Waals surface area (Å²) in [7, 11) is 0. The van der Waals surface area contributed by atoms with Gasteiger partial charge >= 0.3 is 6.03 Å². The fraction of sp³-hybridized carbons (Fsp3) is 0.278. The minimum Gasteiger partial charge on any atom is -0.494 e. The van der Waals surface area contributed by atoms with E-state index in [2.05, 4.69) is 24.5 Å². The Balaban J connectivity index is 1.96. The molecule has 4 heteroatoms. The molecular formula is C18H22N2O2. The van der Waals surface area contributed by atoms with Crippen LogP contribution < -0.4 is 15.4 Å². The highest BCUT2D eigenvalue weighted by Crippen LogP contribution is 2.19. The third-order valence-corrected chi connectivity index (χ3v) is 3.24. The van der Waals surface area contributed by atoms with Crippen molar-refractivity contribution in [2.24, 2.45) is 0 Å². The van der Waals surface area contributed by atoms with Crippen LogP contribution in [0.4, 0.5) is 16.2 Å². The number of rotatable bonds is 5. The predicted molar refractivity (Wildman–Crippen MR) is 90.8 cm³/mol. The van der Waals surface area contributed by atoms with Crippen molar-refractivity contribution in [1.29, 1.82) is 0 Å². The molecule has 0 bridgehead atoms. The molecule has 0 aromatic heterocycles. The fourth-order valence-corrected chi connectivity index (χ4v) is 2.08. The molecule has 0 radical (unpaired) electrons. The molecule has 0 heterocycles. The van der Waals surface area contributed by atoms with E-state index in [0.717, 1.165) is 11.4 Å². The average molecular weight is 298 g/mol. The van der Waals surface area contributed by atoms with Crippen molar-refractivity contribution >= 4 is 17.4 Å². The van der Waals surface area contributed by atoms with Gasteiger partial charge in [-0.05, 0) is 42.7 Å². The number of ether oxygens (including phenoxy) is 1. The highest BCUT2D eigenvalue weighted by atomic mass is 16.5. The van der Waals surface area contributed by atoms with Gasteiger partial charge in [0.25, 0.3) is 0 Å². The summed E-state index contributed by atoms with van der Waals surface area (Å²) in [5.41, 5.74) is 2.71. The number of benzene rings is 2. The normalized spacial score (nSPS) is 10.4. The van der Waals surface area contributed by atoms with Crippen molar-refractivity contribution in [3.63, 3.8) is 0 Å². The standard InChI is InChI=1S/C18H22N2O2/c1-4-22-17-7-5-6-16(12-17)20-18(21)19-15-10-8-14(9-11-15)13(2)3/h5-13H,4H2,1-3H3,(H2,19,20,21). The number of amides is 2. The minimum atomic E-state index is -0.272. The summed E-state index contributed by atoms with van der Waals surface area (Å²) in [5.74, 6) is 1.21. The van der Waals surface area contributed by atoms with Gasteiger partial charge in [0.15, 0.2) is 0 Å². The van der Waals surface area contributed by atoms with Gasteiger partial charge in [-0.2, -0.15) is 0 Å². The number of hydrogen-bond acceptors (Lipinski definition) is 2. The van der Waals surface area contributed by atoms with Crippen molar-refractivity contribution in [2.45, 2.75) is 26.7 Å². The molecule has 2 amide bonds. The highest BCUT2D eigenvalue weighted by Gasteiger charge is 2.04.